The van der Waals surface area contributed by atoms with Crippen molar-refractivity contribution >= 4 is 5.91 Å². The number of amides is 1. The molecule has 1 amide bonds. The van der Waals surface area contributed by atoms with Crippen LogP contribution in [-0.2, 0) is 5.54 Å². The summed E-state index contributed by atoms with van der Waals surface area (Å²) in [6.07, 6.45) is -3.83. The van der Waals surface area contributed by atoms with Gasteiger partial charge in [0.15, 0.2) is 29.0 Å². The SMILES string of the molecule is O=C(N[C@]1(c2ccc(OC(F)(F)F)c(F)c2)CCOc2cccnc21)c1cc(F)c(O)c(F)c1. The fourth-order valence-corrected chi connectivity index (χ4v) is 3.67. The zero-order chi connectivity index (χ0) is 24.7. The number of alkyl halides is 3. The summed E-state index contributed by atoms with van der Waals surface area (Å²) in [6.45, 7) is -0.0142. The number of halogens is 6. The zero-order valence-corrected chi connectivity index (χ0v) is 16.9. The monoisotopic (exact) mass is 484 g/mol. The van der Waals surface area contributed by atoms with Gasteiger partial charge in [0.2, 0.25) is 0 Å². The molecule has 1 aliphatic heterocycles. The van der Waals surface area contributed by atoms with Gasteiger partial charge in [-0.2, -0.15) is 0 Å². The summed E-state index contributed by atoms with van der Waals surface area (Å²) in [5.74, 6) is -7.32. The van der Waals surface area contributed by atoms with Gasteiger partial charge in [-0.05, 0) is 42.0 Å². The lowest BCUT2D eigenvalue weighted by Crippen LogP contribution is -2.50. The maximum atomic E-state index is 14.6. The summed E-state index contributed by atoms with van der Waals surface area (Å²) in [7, 11) is 0. The van der Waals surface area contributed by atoms with Gasteiger partial charge in [0.1, 0.15) is 17.0 Å². The Morgan fingerprint density at radius 1 is 1.09 bits per heavy atom. The van der Waals surface area contributed by atoms with E-state index >= 15 is 0 Å². The topological polar surface area (TPSA) is 80.7 Å². The van der Waals surface area contributed by atoms with Crippen molar-refractivity contribution in [2.75, 3.05) is 6.61 Å². The molecular formula is C22H14F6N2O4. The summed E-state index contributed by atoms with van der Waals surface area (Å²) in [5, 5.41) is 11.9. The van der Waals surface area contributed by atoms with Gasteiger partial charge >= 0.3 is 6.36 Å². The quantitative estimate of drug-likeness (QED) is 0.531. The first-order chi connectivity index (χ1) is 16.0. The highest BCUT2D eigenvalue weighted by Gasteiger charge is 2.43. The predicted molar refractivity (Wildman–Crippen MR) is 104 cm³/mol. The van der Waals surface area contributed by atoms with Gasteiger partial charge in [0.25, 0.3) is 5.91 Å². The van der Waals surface area contributed by atoms with Crippen LogP contribution in [0.15, 0.2) is 48.7 Å². The van der Waals surface area contributed by atoms with E-state index in [9.17, 15) is 36.2 Å². The Morgan fingerprint density at radius 2 is 1.79 bits per heavy atom. The van der Waals surface area contributed by atoms with Crippen LogP contribution in [0.1, 0.15) is 28.0 Å². The number of fused-ring (bicyclic) bond motifs is 1. The number of nitrogens with one attached hydrogen (secondary N) is 1. The van der Waals surface area contributed by atoms with Crippen molar-refractivity contribution in [1.82, 2.24) is 10.3 Å². The standard InChI is InChI=1S/C22H14F6N2O4/c23-13-10-12(3-4-16(13)34-22(26,27)28)21(5-7-33-17-2-1-6-29-19(17)21)30-20(32)11-8-14(24)18(31)15(25)9-11/h1-4,6,8-10,31H,5,7H2,(H,30,32)/t21-/m0/s1. The van der Waals surface area contributed by atoms with Crippen LogP contribution >= 0.6 is 0 Å². The first-order valence-electron chi connectivity index (χ1n) is 9.65. The van der Waals surface area contributed by atoms with Crippen LogP contribution in [0.3, 0.4) is 0 Å². The molecule has 2 heterocycles. The largest absolute Gasteiger partial charge is 0.573 e. The van der Waals surface area contributed by atoms with E-state index < -0.39 is 52.3 Å². The van der Waals surface area contributed by atoms with E-state index in [0.29, 0.717) is 12.1 Å². The number of carbonyl (C=O) groups excluding carboxylic acids is 1. The predicted octanol–water partition coefficient (Wildman–Crippen LogP) is 4.56. The van der Waals surface area contributed by atoms with Crippen LogP contribution in [0.25, 0.3) is 0 Å². The number of aromatic hydroxyl groups is 1. The van der Waals surface area contributed by atoms with E-state index in [-0.39, 0.29) is 30.0 Å². The average molecular weight is 484 g/mol. The smallest absolute Gasteiger partial charge is 0.503 e. The molecule has 0 radical (unpaired) electrons. The first-order valence-corrected chi connectivity index (χ1v) is 9.65. The molecule has 2 aromatic carbocycles. The van der Waals surface area contributed by atoms with E-state index in [2.05, 4.69) is 15.0 Å². The minimum atomic E-state index is -5.13. The maximum Gasteiger partial charge on any atom is 0.573 e. The molecule has 178 valence electrons. The minimum Gasteiger partial charge on any atom is -0.503 e. The molecule has 0 unspecified atom stereocenters. The van der Waals surface area contributed by atoms with E-state index in [1.807, 2.05) is 0 Å². The third kappa shape index (κ3) is 4.30. The molecule has 0 bridgehead atoms. The fourth-order valence-electron chi connectivity index (χ4n) is 3.67. The highest BCUT2D eigenvalue weighted by molar-refractivity contribution is 5.95. The number of ether oxygens (including phenoxy) is 2. The average Bonchev–Trinajstić information content (AvgIpc) is 2.77. The van der Waals surface area contributed by atoms with Crippen molar-refractivity contribution in [2.24, 2.45) is 0 Å². The van der Waals surface area contributed by atoms with Crippen LogP contribution in [-0.4, -0.2) is 29.0 Å². The van der Waals surface area contributed by atoms with Crippen LogP contribution in [0.5, 0.6) is 17.2 Å². The highest BCUT2D eigenvalue weighted by atomic mass is 19.4. The summed E-state index contributed by atoms with van der Waals surface area (Å²) < 4.78 is 89.0. The van der Waals surface area contributed by atoms with Gasteiger partial charge in [-0.1, -0.05) is 6.07 Å². The molecule has 34 heavy (non-hydrogen) atoms. The normalized spacial score (nSPS) is 17.5. The molecule has 1 aliphatic rings. The number of phenolic OH excluding ortho intramolecular Hbond substituents is 1. The summed E-state index contributed by atoms with van der Waals surface area (Å²) in [4.78, 5) is 17.2. The lowest BCUT2D eigenvalue weighted by Gasteiger charge is -2.39. The van der Waals surface area contributed by atoms with E-state index in [4.69, 9.17) is 4.74 Å². The van der Waals surface area contributed by atoms with Crippen molar-refractivity contribution in [1.29, 1.82) is 0 Å². The van der Waals surface area contributed by atoms with Gasteiger partial charge < -0.3 is 19.9 Å². The van der Waals surface area contributed by atoms with E-state index in [1.54, 1.807) is 0 Å². The van der Waals surface area contributed by atoms with Crippen LogP contribution < -0.4 is 14.8 Å². The lowest BCUT2D eigenvalue weighted by molar-refractivity contribution is -0.275. The van der Waals surface area contributed by atoms with Gasteiger partial charge in [-0.3, -0.25) is 9.78 Å². The Labute approximate surface area is 187 Å². The molecule has 2 N–H and O–H groups in total. The molecule has 0 spiro atoms. The number of hydrogen-bond acceptors (Lipinski definition) is 5. The molecule has 0 saturated heterocycles. The molecule has 0 aliphatic carbocycles. The second-order valence-electron chi connectivity index (χ2n) is 7.29. The zero-order valence-electron chi connectivity index (χ0n) is 16.9. The van der Waals surface area contributed by atoms with Crippen molar-refractivity contribution < 1.29 is 45.7 Å². The van der Waals surface area contributed by atoms with Gasteiger partial charge in [-0.25, -0.2) is 13.2 Å². The Bertz CT molecular complexity index is 1240. The Kier molecular flexibility index (Phi) is 5.75. The molecule has 0 saturated carbocycles. The molecule has 4 rings (SSSR count). The third-order valence-electron chi connectivity index (χ3n) is 5.17. The van der Waals surface area contributed by atoms with E-state index in [1.165, 1.54) is 18.3 Å². The van der Waals surface area contributed by atoms with Crippen molar-refractivity contribution in [3.05, 3.63) is 82.9 Å². The molecule has 12 heteroatoms. The number of carbonyl (C=O) groups is 1. The number of benzene rings is 2. The molecular weight excluding hydrogens is 470 g/mol. The van der Waals surface area contributed by atoms with Gasteiger partial charge in [-0.15, -0.1) is 13.2 Å². The fraction of sp³-hybridized carbons (Fsp3) is 0.182. The number of rotatable bonds is 4. The second kappa shape index (κ2) is 8.43. The van der Waals surface area contributed by atoms with Crippen molar-refractivity contribution in [3.63, 3.8) is 0 Å². The number of pyridine rings is 1. The second-order valence-corrected chi connectivity index (χ2v) is 7.29. The summed E-state index contributed by atoms with van der Waals surface area (Å²) in [6, 6.07) is 6.82. The summed E-state index contributed by atoms with van der Waals surface area (Å²) >= 11 is 0. The number of phenols is 1. The van der Waals surface area contributed by atoms with Crippen LogP contribution in [0, 0.1) is 17.5 Å². The molecule has 3 aromatic rings. The van der Waals surface area contributed by atoms with Crippen LogP contribution in [0.4, 0.5) is 26.3 Å². The molecule has 6 nitrogen and oxygen atoms in total. The summed E-state index contributed by atoms with van der Waals surface area (Å²) in [5.41, 5.74) is -2.07. The van der Waals surface area contributed by atoms with Crippen molar-refractivity contribution in [2.45, 2.75) is 18.3 Å². The van der Waals surface area contributed by atoms with Gasteiger partial charge in [0, 0.05) is 18.2 Å². The Hall–Kier alpha value is -3.96. The van der Waals surface area contributed by atoms with Gasteiger partial charge in [0.05, 0.1) is 6.61 Å². The Balaban J connectivity index is 1.82. The number of aromatic nitrogens is 1. The number of hydrogen-bond donors (Lipinski definition) is 2. The molecule has 1 aromatic heterocycles. The van der Waals surface area contributed by atoms with E-state index in [0.717, 1.165) is 18.2 Å². The highest BCUT2D eigenvalue weighted by Crippen LogP contribution is 2.42. The van der Waals surface area contributed by atoms with Crippen LogP contribution in [0.2, 0.25) is 0 Å². The molecule has 1 atom stereocenters. The first kappa shape index (κ1) is 23.2. The maximum absolute atomic E-state index is 14.6. The molecule has 0 fully saturated rings. The number of nitrogens with zero attached hydrogens (tertiary/aromatic N) is 1. The lowest BCUT2D eigenvalue weighted by atomic mass is 9.81. The third-order valence-corrected chi connectivity index (χ3v) is 5.17. The van der Waals surface area contributed by atoms with Crippen molar-refractivity contribution in [3.8, 4) is 17.2 Å². The minimum absolute atomic E-state index is 0.0142. The Morgan fingerprint density at radius 3 is 2.44 bits per heavy atom.